The molecule has 0 unspecified atom stereocenters. The van der Waals surface area contributed by atoms with E-state index in [9.17, 15) is 9.18 Å². The lowest BCUT2D eigenvalue weighted by molar-refractivity contribution is 0.102. The molecule has 19 heavy (non-hydrogen) atoms. The molecule has 2 rings (SSSR count). The van der Waals surface area contributed by atoms with Crippen LogP contribution in [0.5, 0.6) is 0 Å². The highest BCUT2D eigenvalue weighted by Gasteiger charge is 2.09. The maximum absolute atomic E-state index is 13.0. The van der Waals surface area contributed by atoms with Gasteiger partial charge in [-0.1, -0.05) is 23.2 Å². The monoisotopic (exact) mass is 315 g/mol. The highest BCUT2D eigenvalue weighted by atomic mass is 35.5. The number of benzene rings is 2. The number of amides is 1. The van der Waals surface area contributed by atoms with Gasteiger partial charge in [0.1, 0.15) is 5.82 Å². The number of thiol groups is 1. The molecule has 1 amide bonds. The molecule has 0 radical (unpaired) electrons. The summed E-state index contributed by atoms with van der Waals surface area (Å²) in [5, 5.41) is 3.02. The van der Waals surface area contributed by atoms with Gasteiger partial charge in [-0.3, -0.25) is 4.79 Å². The SMILES string of the molecule is O=C(Nc1ccc(F)c(Cl)c1)c1ccc(Cl)c(S)c1. The van der Waals surface area contributed by atoms with Crippen LogP contribution in [0.4, 0.5) is 10.1 Å². The van der Waals surface area contributed by atoms with Crippen molar-refractivity contribution in [2.45, 2.75) is 4.90 Å². The van der Waals surface area contributed by atoms with Crippen LogP contribution in [0.2, 0.25) is 10.0 Å². The zero-order chi connectivity index (χ0) is 14.0. The second-order valence-corrected chi connectivity index (χ2v) is 5.05. The lowest BCUT2D eigenvalue weighted by Crippen LogP contribution is -2.11. The van der Waals surface area contributed by atoms with Crippen molar-refractivity contribution in [3.63, 3.8) is 0 Å². The van der Waals surface area contributed by atoms with E-state index in [0.29, 0.717) is 21.2 Å². The molecule has 6 heteroatoms. The molecule has 0 aromatic heterocycles. The third kappa shape index (κ3) is 3.41. The largest absolute Gasteiger partial charge is 0.322 e. The van der Waals surface area contributed by atoms with E-state index in [1.165, 1.54) is 18.2 Å². The average molecular weight is 316 g/mol. The van der Waals surface area contributed by atoms with Crippen LogP contribution in [-0.2, 0) is 0 Å². The van der Waals surface area contributed by atoms with Crippen LogP contribution in [0.3, 0.4) is 0 Å². The minimum atomic E-state index is -0.538. The molecule has 98 valence electrons. The van der Waals surface area contributed by atoms with Crippen LogP contribution in [-0.4, -0.2) is 5.91 Å². The standard InChI is InChI=1S/C13H8Cl2FNOS/c14-9-3-1-7(5-12(9)19)13(18)17-8-2-4-11(16)10(15)6-8/h1-6,19H,(H,17,18). The number of hydrogen-bond acceptors (Lipinski definition) is 2. The van der Waals surface area contributed by atoms with E-state index in [1.54, 1.807) is 18.2 Å². The van der Waals surface area contributed by atoms with E-state index >= 15 is 0 Å². The highest BCUT2D eigenvalue weighted by molar-refractivity contribution is 7.80. The fourth-order valence-corrected chi connectivity index (χ4v) is 1.94. The van der Waals surface area contributed by atoms with Crippen molar-refractivity contribution in [1.82, 2.24) is 0 Å². The molecule has 2 aromatic carbocycles. The second kappa shape index (κ2) is 5.82. The molecule has 0 saturated heterocycles. The molecule has 0 bridgehead atoms. The summed E-state index contributed by atoms with van der Waals surface area (Å²) in [7, 11) is 0. The van der Waals surface area contributed by atoms with Crippen molar-refractivity contribution in [2.75, 3.05) is 5.32 Å². The number of anilines is 1. The summed E-state index contributed by atoms with van der Waals surface area (Å²) in [4.78, 5) is 12.5. The van der Waals surface area contributed by atoms with Gasteiger partial charge in [0.15, 0.2) is 0 Å². The zero-order valence-electron chi connectivity index (χ0n) is 9.45. The third-order valence-corrected chi connectivity index (χ3v) is 3.51. The van der Waals surface area contributed by atoms with Crippen molar-refractivity contribution < 1.29 is 9.18 Å². The summed E-state index contributed by atoms with van der Waals surface area (Å²) in [6, 6.07) is 8.65. The van der Waals surface area contributed by atoms with Crippen LogP contribution < -0.4 is 5.32 Å². The van der Waals surface area contributed by atoms with Crippen molar-refractivity contribution in [3.05, 3.63) is 57.8 Å². The molecule has 2 aromatic rings. The Labute approximate surface area is 124 Å². The quantitative estimate of drug-likeness (QED) is 0.774. The Morgan fingerprint density at radius 3 is 2.47 bits per heavy atom. The number of rotatable bonds is 2. The Balaban J connectivity index is 2.20. The fourth-order valence-electron chi connectivity index (χ4n) is 1.43. The Hall–Kier alpha value is -1.23. The minimum Gasteiger partial charge on any atom is -0.322 e. The van der Waals surface area contributed by atoms with Crippen molar-refractivity contribution in [3.8, 4) is 0 Å². The van der Waals surface area contributed by atoms with E-state index in [4.69, 9.17) is 23.2 Å². The van der Waals surface area contributed by atoms with Gasteiger partial charge in [-0.05, 0) is 36.4 Å². The molecule has 0 aliphatic heterocycles. The first-order chi connectivity index (χ1) is 8.97. The Morgan fingerprint density at radius 1 is 1.11 bits per heavy atom. The van der Waals surface area contributed by atoms with E-state index < -0.39 is 5.82 Å². The summed E-state index contributed by atoms with van der Waals surface area (Å²) in [5.74, 6) is -0.890. The maximum atomic E-state index is 13.0. The van der Waals surface area contributed by atoms with E-state index in [1.807, 2.05) is 0 Å². The van der Waals surface area contributed by atoms with Gasteiger partial charge in [-0.2, -0.15) is 0 Å². The molecular formula is C13H8Cl2FNOS. The molecule has 0 fully saturated rings. The van der Waals surface area contributed by atoms with E-state index in [-0.39, 0.29) is 10.9 Å². The smallest absolute Gasteiger partial charge is 0.255 e. The van der Waals surface area contributed by atoms with E-state index in [0.717, 1.165) is 0 Å². The summed E-state index contributed by atoms with van der Waals surface area (Å²) in [5.41, 5.74) is 0.807. The molecule has 0 saturated carbocycles. The normalized spacial score (nSPS) is 10.3. The minimum absolute atomic E-state index is 0.0520. The molecule has 2 nitrogen and oxygen atoms in total. The first-order valence-electron chi connectivity index (χ1n) is 5.22. The van der Waals surface area contributed by atoms with Crippen LogP contribution in [0.1, 0.15) is 10.4 Å². The van der Waals surface area contributed by atoms with Crippen molar-refractivity contribution in [1.29, 1.82) is 0 Å². The van der Waals surface area contributed by atoms with Crippen molar-refractivity contribution >= 4 is 47.4 Å². The third-order valence-electron chi connectivity index (χ3n) is 2.39. The van der Waals surface area contributed by atoms with Crippen LogP contribution in [0.25, 0.3) is 0 Å². The van der Waals surface area contributed by atoms with Gasteiger partial charge in [-0.25, -0.2) is 4.39 Å². The summed E-state index contributed by atoms with van der Waals surface area (Å²) in [6.45, 7) is 0. The predicted molar refractivity (Wildman–Crippen MR) is 78.1 cm³/mol. The lowest BCUT2D eigenvalue weighted by Gasteiger charge is -2.07. The second-order valence-electron chi connectivity index (χ2n) is 3.75. The van der Waals surface area contributed by atoms with Gasteiger partial charge in [0.25, 0.3) is 5.91 Å². The Morgan fingerprint density at radius 2 is 1.84 bits per heavy atom. The highest BCUT2D eigenvalue weighted by Crippen LogP contribution is 2.23. The summed E-state index contributed by atoms with van der Waals surface area (Å²) >= 11 is 15.6. The number of carbonyl (C=O) groups is 1. The zero-order valence-corrected chi connectivity index (χ0v) is 11.9. The number of hydrogen-bond donors (Lipinski definition) is 2. The molecule has 1 N–H and O–H groups in total. The molecule has 0 spiro atoms. The predicted octanol–water partition coefficient (Wildman–Crippen LogP) is 4.67. The molecule has 0 aliphatic rings. The molecular weight excluding hydrogens is 308 g/mol. The molecule has 0 atom stereocenters. The maximum Gasteiger partial charge on any atom is 0.255 e. The van der Waals surface area contributed by atoms with Gasteiger partial charge in [0.05, 0.1) is 10.0 Å². The first-order valence-corrected chi connectivity index (χ1v) is 6.42. The average Bonchev–Trinajstić information content (AvgIpc) is 2.37. The molecule has 0 heterocycles. The van der Waals surface area contributed by atoms with Gasteiger partial charge < -0.3 is 5.32 Å². The van der Waals surface area contributed by atoms with E-state index in [2.05, 4.69) is 17.9 Å². The summed E-state index contributed by atoms with van der Waals surface area (Å²) < 4.78 is 13.0. The fraction of sp³-hybridized carbons (Fsp3) is 0. The summed E-state index contributed by atoms with van der Waals surface area (Å²) in [6.07, 6.45) is 0. The first kappa shape index (κ1) is 14.2. The van der Waals surface area contributed by atoms with Gasteiger partial charge >= 0.3 is 0 Å². The van der Waals surface area contributed by atoms with Crippen LogP contribution in [0.15, 0.2) is 41.3 Å². The van der Waals surface area contributed by atoms with Gasteiger partial charge in [0, 0.05) is 16.1 Å². The number of halogens is 3. The van der Waals surface area contributed by atoms with Crippen LogP contribution >= 0.6 is 35.8 Å². The van der Waals surface area contributed by atoms with Gasteiger partial charge in [-0.15, -0.1) is 12.6 Å². The lowest BCUT2D eigenvalue weighted by atomic mass is 10.2. The topological polar surface area (TPSA) is 29.1 Å². The van der Waals surface area contributed by atoms with Gasteiger partial charge in [0.2, 0.25) is 0 Å². The Kier molecular flexibility index (Phi) is 4.34. The van der Waals surface area contributed by atoms with Crippen LogP contribution in [0, 0.1) is 5.82 Å². The number of nitrogens with one attached hydrogen (secondary N) is 1. The Bertz CT molecular complexity index is 649. The van der Waals surface area contributed by atoms with Crippen molar-refractivity contribution in [2.24, 2.45) is 0 Å². The number of carbonyl (C=O) groups excluding carboxylic acids is 1. The molecule has 0 aliphatic carbocycles.